The maximum atomic E-state index is 13.3. The van der Waals surface area contributed by atoms with Gasteiger partial charge in [-0.15, -0.1) is 0 Å². The number of amides is 2. The lowest BCUT2D eigenvalue weighted by Gasteiger charge is -2.19. The number of hydrogen-bond acceptors (Lipinski definition) is 3. The maximum absolute atomic E-state index is 13.3. The number of hydrogen-bond donors (Lipinski definition) is 3. The molecule has 5 aromatic rings. The SMILES string of the molecule is O=C(N[C@@H](Cc1ccc(Cl)cc1)C(=O)NCCCc1ccccc1)c1ccc2c(-c3ccccc3)n[nH]c2c1. The molecule has 39 heavy (non-hydrogen) atoms. The van der Waals surface area contributed by atoms with E-state index in [4.69, 9.17) is 11.6 Å². The van der Waals surface area contributed by atoms with Gasteiger partial charge in [0.15, 0.2) is 0 Å². The molecular formula is C32H29ClN4O2. The second-order valence-electron chi connectivity index (χ2n) is 9.44. The largest absolute Gasteiger partial charge is 0.354 e. The molecule has 0 aliphatic carbocycles. The van der Waals surface area contributed by atoms with Gasteiger partial charge < -0.3 is 10.6 Å². The zero-order valence-corrected chi connectivity index (χ0v) is 22.1. The first-order valence-electron chi connectivity index (χ1n) is 13.0. The fourth-order valence-corrected chi connectivity index (χ4v) is 4.68. The van der Waals surface area contributed by atoms with Crippen molar-refractivity contribution in [3.05, 3.63) is 125 Å². The minimum Gasteiger partial charge on any atom is -0.354 e. The number of aromatic amines is 1. The van der Waals surface area contributed by atoms with E-state index >= 15 is 0 Å². The number of aryl methyl sites for hydroxylation is 1. The number of halogens is 1. The summed E-state index contributed by atoms with van der Waals surface area (Å²) in [6.07, 6.45) is 2.01. The van der Waals surface area contributed by atoms with E-state index < -0.39 is 6.04 Å². The molecule has 0 bridgehead atoms. The van der Waals surface area contributed by atoms with E-state index in [0.29, 0.717) is 23.6 Å². The topological polar surface area (TPSA) is 86.9 Å². The Labute approximate surface area is 232 Å². The summed E-state index contributed by atoms with van der Waals surface area (Å²) in [5.41, 5.74) is 5.15. The summed E-state index contributed by atoms with van der Waals surface area (Å²) in [4.78, 5) is 26.5. The monoisotopic (exact) mass is 536 g/mol. The molecule has 0 aliphatic rings. The van der Waals surface area contributed by atoms with E-state index in [1.54, 1.807) is 24.3 Å². The van der Waals surface area contributed by atoms with Gasteiger partial charge in [-0.25, -0.2) is 0 Å². The van der Waals surface area contributed by atoms with Crippen molar-refractivity contribution < 1.29 is 9.59 Å². The Kier molecular flexibility index (Phi) is 8.34. The highest BCUT2D eigenvalue weighted by atomic mass is 35.5. The summed E-state index contributed by atoms with van der Waals surface area (Å²) in [6, 6.07) is 32.0. The third kappa shape index (κ3) is 6.72. The Morgan fingerprint density at radius 1 is 0.846 bits per heavy atom. The maximum Gasteiger partial charge on any atom is 0.252 e. The molecule has 0 saturated heterocycles. The molecule has 0 saturated carbocycles. The third-order valence-corrected chi connectivity index (χ3v) is 6.88. The van der Waals surface area contributed by atoms with Crippen LogP contribution in [-0.4, -0.2) is 34.6 Å². The van der Waals surface area contributed by atoms with Gasteiger partial charge in [-0.05, 0) is 54.3 Å². The summed E-state index contributed by atoms with van der Waals surface area (Å²) in [7, 11) is 0. The van der Waals surface area contributed by atoms with Crippen molar-refractivity contribution in [3.8, 4) is 11.3 Å². The average molecular weight is 537 g/mol. The molecule has 196 valence electrons. The Bertz CT molecular complexity index is 1550. The number of rotatable bonds is 10. The molecule has 0 aliphatic heterocycles. The van der Waals surface area contributed by atoms with Crippen LogP contribution in [0.3, 0.4) is 0 Å². The van der Waals surface area contributed by atoms with Crippen LogP contribution < -0.4 is 10.6 Å². The first-order valence-corrected chi connectivity index (χ1v) is 13.3. The summed E-state index contributed by atoms with van der Waals surface area (Å²) < 4.78 is 0. The van der Waals surface area contributed by atoms with Crippen molar-refractivity contribution in [1.29, 1.82) is 0 Å². The van der Waals surface area contributed by atoms with Crippen LogP contribution >= 0.6 is 11.6 Å². The van der Waals surface area contributed by atoms with Crippen molar-refractivity contribution in [2.45, 2.75) is 25.3 Å². The van der Waals surface area contributed by atoms with Gasteiger partial charge in [0.05, 0.1) is 11.2 Å². The molecule has 1 heterocycles. The Hall–Kier alpha value is -4.42. The van der Waals surface area contributed by atoms with Gasteiger partial charge in [0.1, 0.15) is 6.04 Å². The van der Waals surface area contributed by atoms with E-state index in [9.17, 15) is 9.59 Å². The number of nitrogens with zero attached hydrogens (tertiary/aromatic N) is 1. The standard InChI is InChI=1S/C32H29ClN4O2/c33-26-16-13-23(14-17-26)20-29(32(39)34-19-7-10-22-8-3-1-4-9-22)35-31(38)25-15-18-27-28(21-25)36-37-30(27)24-11-5-2-6-12-24/h1-6,8-9,11-18,21,29H,7,10,19-20H2,(H,34,39)(H,35,38)(H,36,37)/t29-/m0/s1. The van der Waals surface area contributed by atoms with Crippen LogP contribution in [0, 0.1) is 0 Å². The minimum atomic E-state index is -0.743. The Morgan fingerprint density at radius 2 is 1.56 bits per heavy atom. The number of carbonyl (C=O) groups is 2. The minimum absolute atomic E-state index is 0.222. The van der Waals surface area contributed by atoms with Gasteiger partial charge in [-0.3, -0.25) is 14.7 Å². The number of carbonyl (C=O) groups excluding carboxylic acids is 2. The quantitative estimate of drug-likeness (QED) is 0.192. The van der Waals surface area contributed by atoms with Crippen LogP contribution in [0.5, 0.6) is 0 Å². The van der Waals surface area contributed by atoms with Crippen molar-refractivity contribution in [3.63, 3.8) is 0 Å². The second kappa shape index (κ2) is 12.4. The smallest absolute Gasteiger partial charge is 0.252 e. The van der Waals surface area contributed by atoms with E-state index in [1.165, 1.54) is 5.56 Å². The number of fused-ring (bicyclic) bond motifs is 1. The summed E-state index contributed by atoms with van der Waals surface area (Å²) in [5.74, 6) is -0.550. The highest BCUT2D eigenvalue weighted by Gasteiger charge is 2.22. The molecule has 1 atom stereocenters. The fraction of sp³-hybridized carbons (Fsp3) is 0.156. The van der Waals surface area contributed by atoms with Crippen LogP contribution in [-0.2, 0) is 17.6 Å². The first kappa shape index (κ1) is 26.2. The molecule has 7 heteroatoms. The van der Waals surface area contributed by atoms with Gasteiger partial charge in [-0.1, -0.05) is 84.4 Å². The zero-order chi connectivity index (χ0) is 27.0. The van der Waals surface area contributed by atoms with Crippen LogP contribution in [0.25, 0.3) is 22.2 Å². The van der Waals surface area contributed by atoms with Crippen molar-refractivity contribution in [2.75, 3.05) is 6.54 Å². The number of benzene rings is 4. The Balaban J connectivity index is 1.28. The zero-order valence-electron chi connectivity index (χ0n) is 21.4. The molecule has 3 N–H and O–H groups in total. The lowest BCUT2D eigenvalue weighted by molar-refractivity contribution is -0.122. The number of nitrogens with one attached hydrogen (secondary N) is 3. The van der Waals surface area contributed by atoms with E-state index in [1.807, 2.05) is 66.7 Å². The predicted octanol–water partition coefficient (Wildman–Crippen LogP) is 5.97. The molecule has 2 amide bonds. The molecule has 1 aromatic heterocycles. The number of aromatic nitrogens is 2. The van der Waals surface area contributed by atoms with Crippen molar-refractivity contribution in [1.82, 2.24) is 20.8 Å². The van der Waals surface area contributed by atoms with Crippen LogP contribution in [0.2, 0.25) is 5.02 Å². The molecule has 0 fully saturated rings. The van der Waals surface area contributed by atoms with Crippen LogP contribution in [0.4, 0.5) is 0 Å². The van der Waals surface area contributed by atoms with Crippen LogP contribution in [0.1, 0.15) is 27.9 Å². The lowest BCUT2D eigenvalue weighted by Crippen LogP contribution is -2.48. The van der Waals surface area contributed by atoms with Gasteiger partial charge in [0.2, 0.25) is 5.91 Å². The lowest BCUT2D eigenvalue weighted by atomic mass is 10.0. The summed E-state index contributed by atoms with van der Waals surface area (Å²) in [5, 5.41) is 15.0. The van der Waals surface area contributed by atoms with Gasteiger partial charge in [0, 0.05) is 34.5 Å². The fourth-order valence-electron chi connectivity index (χ4n) is 4.56. The average Bonchev–Trinajstić information content (AvgIpc) is 3.40. The summed E-state index contributed by atoms with van der Waals surface area (Å²) in [6.45, 7) is 0.517. The molecule has 4 aromatic carbocycles. The van der Waals surface area contributed by atoms with Gasteiger partial charge in [0.25, 0.3) is 5.91 Å². The van der Waals surface area contributed by atoms with Crippen molar-refractivity contribution >= 4 is 34.3 Å². The first-order chi connectivity index (χ1) is 19.1. The summed E-state index contributed by atoms with van der Waals surface area (Å²) >= 11 is 6.04. The highest BCUT2D eigenvalue weighted by molar-refractivity contribution is 6.30. The van der Waals surface area contributed by atoms with Crippen LogP contribution in [0.15, 0.2) is 103 Å². The molecule has 0 spiro atoms. The second-order valence-corrected chi connectivity index (χ2v) is 9.87. The van der Waals surface area contributed by atoms with Gasteiger partial charge in [-0.2, -0.15) is 5.10 Å². The third-order valence-electron chi connectivity index (χ3n) is 6.63. The Morgan fingerprint density at radius 3 is 2.31 bits per heavy atom. The van der Waals surface area contributed by atoms with E-state index in [-0.39, 0.29) is 11.8 Å². The predicted molar refractivity (Wildman–Crippen MR) is 156 cm³/mol. The van der Waals surface area contributed by atoms with Gasteiger partial charge >= 0.3 is 0 Å². The molecule has 5 rings (SSSR count). The van der Waals surface area contributed by atoms with E-state index in [0.717, 1.165) is 40.6 Å². The normalized spacial score (nSPS) is 11.7. The van der Waals surface area contributed by atoms with E-state index in [2.05, 4.69) is 33.0 Å². The number of H-pyrrole nitrogens is 1. The molecule has 6 nitrogen and oxygen atoms in total. The van der Waals surface area contributed by atoms with Crippen molar-refractivity contribution in [2.24, 2.45) is 0 Å². The molecule has 0 radical (unpaired) electrons. The highest BCUT2D eigenvalue weighted by Crippen LogP contribution is 2.26. The molecular weight excluding hydrogens is 508 g/mol. The molecule has 0 unspecified atom stereocenters.